The van der Waals surface area contributed by atoms with Crippen LogP contribution in [0.25, 0.3) is 0 Å². The first-order valence-corrected chi connectivity index (χ1v) is 5.26. The number of rotatable bonds is 2. The van der Waals surface area contributed by atoms with Crippen molar-refractivity contribution in [3.05, 3.63) is 0 Å². The molecule has 92 valence electrons. The first-order valence-electron chi connectivity index (χ1n) is 5.26. The quantitative estimate of drug-likeness (QED) is 0.401. The van der Waals surface area contributed by atoms with Crippen molar-refractivity contribution >= 4 is 5.91 Å². The molecule has 2 fully saturated rings. The molecule has 2 aliphatic rings. The van der Waals surface area contributed by atoms with Gasteiger partial charge < -0.3 is 25.4 Å². The number of hydrogen-bond donors (Lipinski definition) is 4. The second kappa shape index (κ2) is 4.64. The maximum atomic E-state index is 11.2. The van der Waals surface area contributed by atoms with E-state index in [1.54, 1.807) is 4.90 Å². The molecule has 16 heavy (non-hydrogen) atoms. The number of piperazine rings is 1. The SMILES string of the molecule is O=C1CN(C2O[C@H](CO)[C@@H](O)[C@H]2O)CCN1. The summed E-state index contributed by atoms with van der Waals surface area (Å²) in [4.78, 5) is 12.8. The Bertz CT molecular complexity index is 275. The van der Waals surface area contributed by atoms with E-state index in [0.717, 1.165) is 0 Å². The molecule has 0 spiro atoms. The monoisotopic (exact) mass is 232 g/mol. The minimum atomic E-state index is -1.11. The molecule has 7 nitrogen and oxygen atoms in total. The maximum Gasteiger partial charge on any atom is 0.234 e. The Labute approximate surface area is 92.6 Å². The molecule has 2 aliphatic heterocycles. The first kappa shape index (κ1) is 11.7. The summed E-state index contributed by atoms with van der Waals surface area (Å²) in [6.07, 6.45) is -3.72. The third-order valence-electron chi connectivity index (χ3n) is 2.94. The Morgan fingerprint density at radius 1 is 1.44 bits per heavy atom. The van der Waals surface area contributed by atoms with Crippen LogP contribution in [0.15, 0.2) is 0 Å². The normalized spacial score (nSPS) is 41.1. The number of aliphatic hydroxyl groups is 3. The van der Waals surface area contributed by atoms with E-state index in [2.05, 4.69) is 5.32 Å². The molecule has 0 radical (unpaired) electrons. The average molecular weight is 232 g/mol. The second-order valence-electron chi connectivity index (χ2n) is 4.05. The predicted molar refractivity (Wildman–Crippen MR) is 52.3 cm³/mol. The fourth-order valence-electron chi connectivity index (χ4n) is 2.06. The van der Waals surface area contributed by atoms with Crippen LogP contribution in [0.5, 0.6) is 0 Å². The number of amides is 1. The molecule has 0 aromatic rings. The summed E-state index contributed by atoms with van der Waals surface area (Å²) >= 11 is 0. The van der Waals surface area contributed by atoms with E-state index < -0.39 is 24.5 Å². The molecule has 0 aliphatic carbocycles. The Balaban J connectivity index is 2.01. The number of nitrogens with one attached hydrogen (secondary N) is 1. The number of ether oxygens (including phenoxy) is 1. The lowest BCUT2D eigenvalue weighted by atomic mass is 10.1. The molecule has 4 atom stereocenters. The number of carbonyl (C=O) groups is 1. The van der Waals surface area contributed by atoms with E-state index in [0.29, 0.717) is 13.1 Å². The zero-order valence-corrected chi connectivity index (χ0v) is 8.74. The molecule has 7 heteroatoms. The van der Waals surface area contributed by atoms with Gasteiger partial charge in [0.15, 0.2) is 0 Å². The van der Waals surface area contributed by atoms with Gasteiger partial charge in [-0.3, -0.25) is 9.69 Å². The minimum Gasteiger partial charge on any atom is -0.394 e. The van der Waals surface area contributed by atoms with Gasteiger partial charge in [-0.2, -0.15) is 0 Å². The zero-order valence-electron chi connectivity index (χ0n) is 8.74. The van der Waals surface area contributed by atoms with Gasteiger partial charge in [-0.05, 0) is 0 Å². The molecule has 0 saturated carbocycles. The summed E-state index contributed by atoms with van der Waals surface area (Å²) in [5, 5.41) is 30.9. The third kappa shape index (κ3) is 2.04. The predicted octanol–water partition coefficient (Wildman–Crippen LogP) is -3.14. The Kier molecular flexibility index (Phi) is 3.41. The summed E-state index contributed by atoms with van der Waals surface area (Å²) in [5.74, 6) is -0.135. The molecule has 1 amide bonds. The van der Waals surface area contributed by atoms with Crippen LogP contribution in [0.2, 0.25) is 0 Å². The highest BCUT2D eigenvalue weighted by Gasteiger charge is 2.45. The van der Waals surface area contributed by atoms with E-state index in [9.17, 15) is 15.0 Å². The van der Waals surface area contributed by atoms with Crippen LogP contribution in [-0.2, 0) is 9.53 Å². The minimum absolute atomic E-state index is 0.132. The summed E-state index contributed by atoms with van der Waals surface area (Å²) in [7, 11) is 0. The molecule has 2 rings (SSSR count). The van der Waals surface area contributed by atoms with Crippen LogP contribution in [0, 0.1) is 0 Å². The molecule has 2 heterocycles. The van der Waals surface area contributed by atoms with Gasteiger partial charge in [0.1, 0.15) is 24.5 Å². The number of aliphatic hydroxyl groups excluding tert-OH is 3. The van der Waals surface area contributed by atoms with Gasteiger partial charge in [-0.25, -0.2) is 0 Å². The highest BCUT2D eigenvalue weighted by Crippen LogP contribution is 2.24. The summed E-state index contributed by atoms with van der Waals surface area (Å²) in [6.45, 7) is 0.824. The van der Waals surface area contributed by atoms with Crippen LogP contribution >= 0.6 is 0 Å². The molecular formula is C9H16N2O5. The van der Waals surface area contributed by atoms with Crippen LogP contribution in [0.3, 0.4) is 0 Å². The van der Waals surface area contributed by atoms with Crippen LogP contribution in [0.4, 0.5) is 0 Å². The first-order chi connectivity index (χ1) is 7.63. The molecule has 0 aromatic heterocycles. The zero-order chi connectivity index (χ0) is 11.7. The van der Waals surface area contributed by atoms with E-state index in [-0.39, 0.29) is 19.1 Å². The van der Waals surface area contributed by atoms with Gasteiger partial charge in [-0.15, -0.1) is 0 Å². The maximum absolute atomic E-state index is 11.2. The van der Waals surface area contributed by atoms with Crippen molar-refractivity contribution in [2.75, 3.05) is 26.2 Å². The van der Waals surface area contributed by atoms with Gasteiger partial charge in [0.2, 0.25) is 5.91 Å². The van der Waals surface area contributed by atoms with Gasteiger partial charge in [0.25, 0.3) is 0 Å². The smallest absolute Gasteiger partial charge is 0.234 e. The van der Waals surface area contributed by atoms with Gasteiger partial charge in [0.05, 0.1) is 13.2 Å². The van der Waals surface area contributed by atoms with E-state index in [1.807, 2.05) is 0 Å². The Morgan fingerprint density at radius 2 is 2.19 bits per heavy atom. The van der Waals surface area contributed by atoms with Crippen molar-refractivity contribution in [1.82, 2.24) is 10.2 Å². The Morgan fingerprint density at radius 3 is 2.75 bits per heavy atom. The number of nitrogens with zero attached hydrogens (tertiary/aromatic N) is 1. The van der Waals surface area contributed by atoms with Crippen molar-refractivity contribution in [2.45, 2.75) is 24.5 Å². The summed E-state index contributed by atoms with van der Waals surface area (Å²) < 4.78 is 5.32. The molecular weight excluding hydrogens is 216 g/mol. The highest BCUT2D eigenvalue weighted by molar-refractivity contribution is 5.78. The van der Waals surface area contributed by atoms with Crippen LogP contribution < -0.4 is 5.32 Å². The van der Waals surface area contributed by atoms with Crippen molar-refractivity contribution in [3.63, 3.8) is 0 Å². The highest BCUT2D eigenvalue weighted by atomic mass is 16.6. The van der Waals surface area contributed by atoms with Crippen LogP contribution in [-0.4, -0.2) is 76.9 Å². The topological polar surface area (TPSA) is 102 Å². The fourth-order valence-corrected chi connectivity index (χ4v) is 2.06. The van der Waals surface area contributed by atoms with Crippen molar-refractivity contribution in [3.8, 4) is 0 Å². The van der Waals surface area contributed by atoms with Crippen LogP contribution in [0.1, 0.15) is 0 Å². The summed E-state index contributed by atoms with van der Waals surface area (Å²) in [5.41, 5.74) is 0. The average Bonchev–Trinajstić information content (AvgIpc) is 2.56. The molecule has 0 aromatic carbocycles. The number of hydrogen-bond acceptors (Lipinski definition) is 6. The van der Waals surface area contributed by atoms with Gasteiger partial charge >= 0.3 is 0 Å². The molecule has 1 unspecified atom stereocenters. The standard InChI is InChI=1S/C9H16N2O5/c12-4-5-7(14)8(15)9(16-5)11-2-1-10-6(13)3-11/h5,7-9,12,14-15H,1-4H2,(H,10,13)/t5-,7-,8-,9?/m1/s1. The fraction of sp³-hybridized carbons (Fsp3) is 0.889. The molecule has 4 N–H and O–H groups in total. The second-order valence-corrected chi connectivity index (χ2v) is 4.05. The van der Waals surface area contributed by atoms with Gasteiger partial charge in [-0.1, -0.05) is 0 Å². The number of carbonyl (C=O) groups excluding carboxylic acids is 1. The van der Waals surface area contributed by atoms with Gasteiger partial charge in [0, 0.05) is 13.1 Å². The van der Waals surface area contributed by atoms with Crippen molar-refractivity contribution in [2.24, 2.45) is 0 Å². The lowest BCUT2D eigenvalue weighted by Crippen LogP contribution is -2.54. The molecule has 0 bridgehead atoms. The summed E-state index contributed by atoms with van der Waals surface area (Å²) in [6, 6.07) is 0. The third-order valence-corrected chi connectivity index (χ3v) is 2.94. The largest absolute Gasteiger partial charge is 0.394 e. The van der Waals surface area contributed by atoms with Crippen molar-refractivity contribution < 1.29 is 24.9 Å². The lowest BCUT2D eigenvalue weighted by Gasteiger charge is -2.32. The molecule has 2 saturated heterocycles. The van der Waals surface area contributed by atoms with E-state index in [4.69, 9.17) is 9.84 Å². The van der Waals surface area contributed by atoms with E-state index in [1.165, 1.54) is 0 Å². The van der Waals surface area contributed by atoms with E-state index >= 15 is 0 Å². The van der Waals surface area contributed by atoms with Crippen molar-refractivity contribution in [1.29, 1.82) is 0 Å². The lowest BCUT2D eigenvalue weighted by molar-refractivity contribution is -0.136. The Hall–Kier alpha value is -0.730.